The van der Waals surface area contributed by atoms with E-state index >= 15 is 0 Å². The van der Waals surface area contributed by atoms with Gasteiger partial charge in [-0.15, -0.1) is 0 Å². The van der Waals surface area contributed by atoms with Crippen LogP contribution in [-0.4, -0.2) is 17.6 Å². The molecule has 0 aliphatic carbocycles. The van der Waals surface area contributed by atoms with E-state index in [9.17, 15) is 4.79 Å². The topological polar surface area (TPSA) is 49.3 Å². The smallest absolute Gasteiger partial charge is 0.308 e. The van der Waals surface area contributed by atoms with Crippen molar-refractivity contribution < 1.29 is 9.90 Å². The molecule has 15 heavy (non-hydrogen) atoms. The van der Waals surface area contributed by atoms with Crippen LogP contribution in [0.4, 0.5) is 0 Å². The molecule has 0 unspecified atom stereocenters. The second-order valence-electron chi connectivity index (χ2n) is 4.02. The Hall–Kier alpha value is -1.35. The Kier molecular flexibility index (Phi) is 2.73. The van der Waals surface area contributed by atoms with Gasteiger partial charge in [-0.1, -0.05) is 24.3 Å². The van der Waals surface area contributed by atoms with Crippen molar-refractivity contribution in [3.63, 3.8) is 0 Å². The van der Waals surface area contributed by atoms with Crippen molar-refractivity contribution in [2.24, 2.45) is 5.92 Å². The van der Waals surface area contributed by atoms with Crippen LogP contribution >= 0.6 is 0 Å². The minimum atomic E-state index is -0.701. The van der Waals surface area contributed by atoms with Gasteiger partial charge in [-0.05, 0) is 31.0 Å². The summed E-state index contributed by atoms with van der Waals surface area (Å²) >= 11 is 0. The summed E-state index contributed by atoms with van der Waals surface area (Å²) in [7, 11) is 0. The summed E-state index contributed by atoms with van der Waals surface area (Å²) in [5.74, 6) is -0.987. The average Bonchev–Trinajstić information content (AvgIpc) is 2.67. The van der Waals surface area contributed by atoms with Crippen LogP contribution < -0.4 is 5.32 Å². The monoisotopic (exact) mass is 205 g/mol. The molecule has 1 fully saturated rings. The summed E-state index contributed by atoms with van der Waals surface area (Å²) in [6.45, 7) is 2.81. The van der Waals surface area contributed by atoms with Crippen molar-refractivity contribution in [3.05, 3.63) is 35.4 Å². The van der Waals surface area contributed by atoms with Crippen LogP contribution in [0, 0.1) is 12.8 Å². The molecule has 0 bridgehead atoms. The molecular formula is C12H15NO2. The quantitative estimate of drug-likeness (QED) is 0.773. The second-order valence-corrected chi connectivity index (χ2v) is 4.02. The lowest BCUT2D eigenvalue weighted by atomic mass is 9.92. The number of rotatable bonds is 2. The van der Waals surface area contributed by atoms with Gasteiger partial charge in [0, 0.05) is 6.04 Å². The van der Waals surface area contributed by atoms with Crippen LogP contribution in [0.1, 0.15) is 23.6 Å². The molecule has 0 saturated carbocycles. The molecule has 2 rings (SSSR count). The summed E-state index contributed by atoms with van der Waals surface area (Å²) < 4.78 is 0. The molecule has 1 aliphatic heterocycles. The molecule has 1 aliphatic rings. The van der Waals surface area contributed by atoms with Crippen molar-refractivity contribution in [2.75, 3.05) is 6.54 Å². The van der Waals surface area contributed by atoms with Gasteiger partial charge in [-0.2, -0.15) is 0 Å². The largest absolute Gasteiger partial charge is 0.481 e. The first-order valence-corrected chi connectivity index (χ1v) is 5.22. The van der Waals surface area contributed by atoms with E-state index in [1.807, 2.05) is 31.2 Å². The molecule has 2 atom stereocenters. The summed E-state index contributed by atoms with van der Waals surface area (Å²) in [6, 6.07) is 7.94. The Morgan fingerprint density at radius 1 is 1.47 bits per heavy atom. The minimum Gasteiger partial charge on any atom is -0.481 e. The molecule has 0 radical (unpaired) electrons. The SMILES string of the molecule is Cc1ccccc1[C@@H]1NCC[C@H]1C(=O)O. The van der Waals surface area contributed by atoms with Crippen LogP contribution in [0.5, 0.6) is 0 Å². The number of aryl methyl sites for hydroxylation is 1. The van der Waals surface area contributed by atoms with Gasteiger partial charge in [0.2, 0.25) is 0 Å². The van der Waals surface area contributed by atoms with Crippen molar-refractivity contribution in [2.45, 2.75) is 19.4 Å². The van der Waals surface area contributed by atoms with Gasteiger partial charge in [0.1, 0.15) is 0 Å². The highest BCUT2D eigenvalue weighted by atomic mass is 16.4. The maximum Gasteiger partial charge on any atom is 0.308 e. The predicted molar refractivity (Wildman–Crippen MR) is 57.7 cm³/mol. The number of carboxylic acids is 1. The highest BCUT2D eigenvalue weighted by Gasteiger charge is 2.34. The fraction of sp³-hybridized carbons (Fsp3) is 0.417. The van der Waals surface area contributed by atoms with Gasteiger partial charge in [0.25, 0.3) is 0 Å². The lowest BCUT2D eigenvalue weighted by Gasteiger charge is -2.18. The Labute approximate surface area is 89.1 Å². The van der Waals surface area contributed by atoms with E-state index in [0.29, 0.717) is 6.42 Å². The van der Waals surface area contributed by atoms with Gasteiger partial charge >= 0.3 is 5.97 Å². The van der Waals surface area contributed by atoms with E-state index in [0.717, 1.165) is 17.7 Å². The Balaban J connectivity index is 2.30. The van der Waals surface area contributed by atoms with Crippen LogP contribution in [-0.2, 0) is 4.79 Å². The van der Waals surface area contributed by atoms with Gasteiger partial charge < -0.3 is 10.4 Å². The van der Waals surface area contributed by atoms with Gasteiger partial charge in [0.05, 0.1) is 5.92 Å². The van der Waals surface area contributed by atoms with Crippen LogP contribution in [0.25, 0.3) is 0 Å². The molecule has 0 amide bonds. The zero-order valence-electron chi connectivity index (χ0n) is 8.73. The summed E-state index contributed by atoms with van der Waals surface area (Å²) in [4.78, 5) is 11.1. The third kappa shape index (κ3) is 1.88. The third-order valence-electron chi connectivity index (χ3n) is 3.06. The second kappa shape index (κ2) is 4.03. The normalized spacial score (nSPS) is 25.4. The van der Waals surface area contributed by atoms with Crippen molar-refractivity contribution in [1.82, 2.24) is 5.32 Å². The molecule has 3 heteroatoms. The first-order valence-electron chi connectivity index (χ1n) is 5.22. The summed E-state index contributed by atoms with van der Waals surface area (Å²) in [5, 5.41) is 12.4. The molecule has 2 N–H and O–H groups in total. The zero-order chi connectivity index (χ0) is 10.8. The first kappa shape index (κ1) is 10.2. The van der Waals surface area contributed by atoms with E-state index in [4.69, 9.17) is 5.11 Å². The Morgan fingerprint density at radius 3 is 2.87 bits per heavy atom. The Bertz CT molecular complexity index is 376. The van der Waals surface area contributed by atoms with Gasteiger partial charge in [-0.3, -0.25) is 4.79 Å². The average molecular weight is 205 g/mol. The predicted octanol–water partition coefficient (Wildman–Crippen LogP) is 1.73. The van der Waals surface area contributed by atoms with E-state index in [1.54, 1.807) is 0 Å². The number of carbonyl (C=O) groups is 1. The maximum absolute atomic E-state index is 11.1. The summed E-state index contributed by atoms with van der Waals surface area (Å²) in [5.41, 5.74) is 2.27. The highest BCUT2D eigenvalue weighted by molar-refractivity contribution is 5.72. The Morgan fingerprint density at radius 2 is 2.20 bits per heavy atom. The van der Waals surface area contributed by atoms with Crippen molar-refractivity contribution in [3.8, 4) is 0 Å². The first-order chi connectivity index (χ1) is 7.20. The molecule has 1 heterocycles. The lowest BCUT2D eigenvalue weighted by Crippen LogP contribution is -2.23. The molecule has 1 saturated heterocycles. The fourth-order valence-corrected chi connectivity index (χ4v) is 2.23. The minimum absolute atomic E-state index is 0.0244. The maximum atomic E-state index is 11.1. The number of nitrogens with one attached hydrogen (secondary N) is 1. The number of aliphatic carboxylic acids is 1. The standard InChI is InChI=1S/C12H15NO2/c1-8-4-2-3-5-9(8)11-10(12(14)15)6-7-13-11/h2-5,10-11,13H,6-7H2,1H3,(H,14,15)/t10-,11+/m1/s1. The number of hydrogen-bond donors (Lipinski definition) is 2. The molecule has 80 valence electrons. The number of benzene rings is 1. The molecule has 0 spiro atoms. The third-order valence-corrected chi connectivity index (χ3v) is 3.06. The molecular weight excluding hydrogens is 190 g/mol. The zero-order valence-corrected chi connectivity index (χ0v) is 8.73. The molecule has 1 aromatic carbocycles. The fourth-order valence-electron chi connectivity index (χ4n) is 2.23. The van der Waals surface area contributed by atoms with Crippen LogP contribution in [0.3, 0.4) is 0 Å². The van der Waals surface area contributed by atoms with Crippen LogP contribution in [0.15, 0.2) is 24.3 Å². The van der Waals surface area contributed by atoms with Crippen LogP contribution in [0.2, 0.25) is 0 Å². The van der Waals surface area contributed by atoms with Gasteiger partial charge in [-0.25, -0.2) is 0 Å². The van der Waals surface area contributed by atoms with Crippen molar-refractivity contribution in [1.29, 1.82) is 0 Å². The molecule has 3 nitrogen and oxygen atoms in total. The van der Waals surface area contributed by atoms with E-state index in [-0.39, 0.29) is 12.0 Å². The van der Waals surface area contributed by atoms with E-state index < -0.39 is 5.97 Å². The number of hydrogen-bond acceptors (Lipinski definition) is 2. The lowest BCUT2D eigenvalue weighted by molar-refractivity contribution is -0.142. The van der Waals surface area contributed by atoms with E-state index in [1.165, 1.54) is 0 Å². The molecule has 1 aromatic rings. The van der Waals surface area contributed by atoms with Gasteiger partial charge in [0.15, 0.2) is 0 Å². The highest BCUT2D eigenvalue weighted by Crippen LogP contribution is 2.31. The number of carboxylic acid groups (broad SMARTS) is 1. The summed E-state index contributed by atoms with van der Waals surface area (Å²) in [6.07, 6.45) is 0.717. The molecule has 0 aromatic heterocycles. The van der Waals surface area contributed by atoms with E-state index in [2.05, 4.69) is 5.32 Å². The van der Waals surface area contributed by atoms with Crippen molar-refractivity contribution >= 4 is 5.97 Å².